The van der Waals surface area contributed by atoms with Crippen LogP contribution in [0, 0.1) is 0 Å². The molecule has 0 aliphatic carbocycles. The Labute approximate surface area is 378 Å². The molecule has 0 spiro atoms. The van der Waals surface area contributed by atoms with E-state index in [0.717, 1.165) is 123 Å². The molecule has 5 N–H and O–H groups in total. The van der Waals surface area contributed by atoms with Crippen LogP contribution in [0.2, 0.25) is 0 Å². The zero-order valence-corrected chi connectivity index (χ0v) is 36.3. The Kier molecular flexibility index (Phi) is 16.8. The molecule has 5 aliphatic rings. The summed E-state index contributed by atoms with van der Waals surface area (Å²) in [4.78, 5) is 50.7. The molecule has 0 radical (unpaired) electrons. The molecule has 17 heteroatoms. The van der Waals surface area contributed by atoms with Gasteiger partial charge >= 0.3 is 12.1 Å². The molecule has 64 heavy (non-hydrogen) atoms. The van der Waals surface area contributed by atoms with E-state index in [1.165, 1.54) is 11.1 Å². The molecule has 2 aromatic carbocycles. The third-order valence-electron chi connectivity index (χ3n) is 11.9. The summed E-state index contributed by atoms with van der Waals surface area (Å²) >= 11 is 0. The number of amides is 4. The number of hydrogen-bond acceptors (Lipinski definition) is 13. The van der Waals surface area contributed by atoms with Gasteiger partial charge < -0.3 is 50.6 Å². The van der Waals surface area contributed by atoms with Gasteiger partial charge in [0, 0.05) is 79.4 Å². The van der Waals surface area contributed by atoms with E-state index in [1.54, 1.807) is 0 Å². The average molecular weight is 881 g/mol. The van der Waals surface area contributed by atoms with E-state index >= 15 is 0 Å². The lowest BCUT2D eigenvalue weighted by molar-refractivity contribution is -0.0699. The largest absolute Gasteiger partial charge is 0.378 e. The number of anilines is 4. The lowest BCUT2D eigenvalue weighted by atomic mass is 10.0. The number of fused-ring (bicyclic) bond motifs is 2. The SMILES string of the molecule is C.C.CCNC(=O)Nc1ccc(-c2nc3c(c(N4CCOC[C@@H]4C)n2)CCN(C2COC2)C3)cc1.CCNC(=O)Nc1ccc(-c2nc3c(c(N4CCOC[C@@H]4C)n2)CCNC3)cc1. The van der Waals surface area contributed by atoms with E-state index in [4.69, 9.17) is 34.1 Å². The first-order chi connectivity index (χ1) is 30.3. The number of carbonyl (C=O) groups excluding carboxylic acids is 2. The molecule has 0 unspecified atom stereocenters. The van der Waals surface area contributed by atoms with Crippen molar-refractivity contribution in [3.8, 4) is 22.8 Å². The molecule has 17 nitrogen and oxygen atoms in total. The van der Waals surface area contributed by atoms with Crippen molar-refractivity contribution < 1.29 is 23.8 Å². The summed E-state index contributed by atoms with van der Waals surface area (Å²) in [6.45, 7) is 19.0. The van der Waals surface area contributed by atoms with E-state index in [1.807, 2.05) is 62.4 Å². The van der Waals surface area contributed by atoms with Gasteiger partial charge in [-0.1, -0.05) is 14.9 Å². The highest BCUT2D eigenvalue weighted by molar-refractivity contribution is 5.90. The Bertz CT molecular complexity index is 2170. The number of rotatable bonds is 9. The van der Waals surface area contributed by atoms with Gasteiger partial charge in [-0.25, -0.2) is 29.5 Å². The van der Waals surface area contributed by atoms with Crippen molar-refractivity contribution in [2.75, 3.05) is 99.3 Å². The molecule has 3 saturated heterocycles. The zero-order chi connectivity index (χ0) is 43.0. The Balaban J connectivity index is 0.000000208. The molecule has 7 heterocycles. The van der Waals surface area contributed by atoms with E-state index in [2.05, 4.69) is 55.1 Å². The lowest BCUT2D eigenvalue weighted by Gasteiger charge is -2.41. The fourth-order valence-electron chi connectivity index (χ4n) is 8.41. The zero-order valence-electron chi connectivity index (χ0n) is 36.3. The van der Waals surface area contributed by atoms with Crippen LogP contribution in [-0.2, 0) is 40.1 Å². The minimum Gasteiger partial charge on any atom is -0.378 e. The van der Waals surface area contributed by atoms with E-state index in [0.29, 0.717) is 44.8 Å². The normalized spacial score (nSPS) is 19.5. The predicted octanol–water partition coefficient (Wildman–Crippen LogP) is 5.70. The molecule has 5 aliphatic heterocycles. The highest BCUT2D eigenvalue weighted by Gasteiger charge is 2.34. The van der Waals surface area contributed by atoms with Crippen LogP contribution in [0.25, 0.3) is 22.8 Å². The topological polar surface area (TPSA) is 183 Å². The number of nitrogens with one attached hydrogen (secondary N) is 5. The van der Waals surface area contributed by atoms with Gasteiger partial charge in [0.15, 0.2) is 11.6 Å². The number of ether oxygens (including phenoxy) is 3. The lowest BCUT2D eigenvalue weighted by Crippen LogP contribution is -2.51. The van der Waals surface area contributed by atoms with Gasteiger partial charge in [0.25, 0.3) is 0 Å². The van der Waals surface area contributed by atoms with Gasteiger partial charge in [-0.05, 0) is 95.6 Å². The second-order valence-corrected chi connectivity index (χ2v) is 16.3. The number of morpholine rings is 2. The second-order valence-electron chi connectivity index (χ2n) is 16.3. The van der Waals surface area contributed by atoms with Gasteiger partial charge in [-0.2, -0.15) is 0 Å². The fourth-order valence-corrected chi connectivity index (χ4v) is 8.41. The summed E-state index contributed by atoms with van der Waals surface area (Å²) in [5, 5.41) is 14.5. The maximum absolute atomic E-state index is 11.8. The Morgan fingerprint density at radius 3 is 1.62 bits per heavy atom. The van der Waals surface area contributed by atoms with Gasteiger partial charge in [0.1, 0.15) is 11.6 Å². The minimum absolute atomic E-state index is 0. The van der Waals surface area contributed by atoms with Crippen LogP contribution in [-0.4, -0.2) is 134 Å². The van der Waals surface area contributed by atoms with Crippen molar-refractivity contribution in [1.29, 1.82) is 0 Å². The Morgan fingerprint density at radius 2 is 1.16 bits per heavy atom. The molecule has 346 valence electrons. The first kappa shape index (κ1) is 48.0. The molecule has 0 saturated carbocycles. The smallest absolute Gasteiger partial charge is 0.319 e. The van der Waals surface area contributed by atoms with Crippen LogP contribution in [0.5, 0.6) is 0 Å². The minimum atomic E-state index is -0.209. The summed E-state index contributed by atoms with van der Waals surface area (Å²) in [6, 6.07) is 16.0. The molecule has 9 rings (SSSR count). The molecule has 2 aromatic heterocycles. The second kappa shape index (κ2) is 22.4. The van der Waals surface area contributed by atoms with Crippen molar-refractivity contribution in [3.05, 3.63) is 71.0 Å². The molecular weight excluding hydrogens is 813 g/mol. The van der Waals surface area contributed by atoms with Crippen LogP contribution in [0.15, 0.2) is 48.5 Å². The number of hydrogen-bond donors (Lipinski definition) is 5. The van der Waals surface area contributed by atoms with Gasteiger partial charge in [-0.3, -0.25) is 4.90 Å². The number of carbonyl (C=O) groups is 2. The fraction of sp³-hybridized carbons (Fsp3) is 0.532. The van der Waals surface area contributed by atoms with Crippen molar-refractivity contribution in [2.45, 2.75) is 86.6 Å². The van der Waals surface area contributed by atoms with Crippen LogP contribution in [0.1, 0.15) is 65.1 Å². The standard InChI is InChI=1S/C24H32N6O3.C21H28N6O2.2CH4/c1-3-25-24(31)26-18-6-4-17(5-7-18)22-27-21-12-29(19-14-33-15-19)9-8-20(21)23(28-22)30-10-11-32-13-16(30)2;1-3-23-21(28)24-16-6-4-15(5-7-16)19-25-18-12-22-9-8-17(18)20(26-19)27-10-11-29-13-14(27)2;;/h4-7,16,19H,3,8-15H2,1-2H3,(H2,25,26,31);4-7,14,22H,3,8-13H2,1-2H3,(H2,23,24,28);2*1H4/t16-;14-;;/m00../s1. The van der Waals surface area contributed by atoms with Gasteiger partial charge in [0.05, 0.1) is 69.2 Å². The summed E-state index contributed by atoms with van der Waals surface area (Å²) < 4.78 is 16.7. The number of benzene rings is 2. The number of urea groups is 2. The molecule has 4 aromatic rings. The maximum Gasteiger partial charge on any atom is 0.319 e. The van der Waals surface area contributed by atoms with E-state index in [-0.39, 0.29) is 39.0 Å². The summed E-state index contributed by atoms with van der Waals surface area (Å²) in [7, 11) is 0. The van der Waals surface area contributed by atoms with Crippen molar-refractivity contribution in [2.24, 2.45) is 0 Å². The highest BCUT2D eigenvalue weighted by Crippen LogP contribution is 2.34. The highest BCUT2D eigenvalue weighted by atomic mass is 16.5. The first-order valence-corrected chi connectivity index (χ1v) is 22.1. The quantitative estimate of drug-likeness (QED) is 0.138. The average Bonchev–Trinajstić information content (AvgIpc) is 3.26. The Hall–Kier alpha value is -5.46. The predicted molar refractivity (Wildman–Crippen MR) is 253 cm³/mol. The van der Waals surface area contributed by atoms with Crippen molar-refractivity contribution in [1.82, 2.24) is 40.8 Å². The molecule has 2 atom stereocenters. The Morgan fingerprint density at radius 1 is 0.656 bits per heavy atom. The number of aromatic nitrogens is 4. The van der Waals surface area contributed by atoms with Crippen molar-refractivity contribution in [3.63, 3.8) is 0 Å². The molecular formula is C47H68N12O5. The summed E-state index contributed by atoms with van der Waals surface area (Å²) in [5.41, 5.74) is 8.03. The molecule has 3 fully saturated rings. The number of nitrogens with zero attached hydrogens (tertiary/aromatic N) is 7. The third kappa shape index (κ3) is 11.2. The monoisotopic (exact) mass is 881 g/mol. The maximum atomic E-state index is 11.8. The summed E-state index contributed by atoms with van der Waals surface area (Å²) in [5.74, 6) is 3.51. The van der Waals surface area contributed by atoms with E-state index in [9.17, 15) is 9.59 Å². The molecule has 0 bridgehead atoms. The first-order valence-electron chi connectivity index (χ1n) is 22.1. The van der Waals surface area contributed by atoms with Gasteiger partial charge in [-0.15, -0.1) is 0 Å². The van der Waals surface area contributed by atoms with Crippen LogP contribution < -0.4 is 36.4 Å². The van der Waals surface area contributed by atoms with Crippen LogP contribution in [0.3, 0.4) is 0 Å². The van der Waals surface area contributed by atoms with Crippen molar-refractivity contribution >= 4 is 35.1 Å². The van der Waals surface area contributed by atoms with E-state index < -0.39 is 0 Å². The molecule has 4 amide bonds. The van der Waals surface area contributed by atoms with Crippen LogP contribution in [0.4, 0.5) is 32.6 Å². The summed E-state index contributed by atoms with van der Waals surface area (Å²) in [6.07, 6.45) is 1.88. The third-order valence-corrected chi connectivity index (χ3v) is 11.9. The van der Waals surface area contributed by atoms with Crippen LogP contribution >= 0.6 is 0 Å². The van der Waals surface area contributed by atoms with Gasteiger partial charge in [0.2, 0.25) is 0 Å².